The molecule has 3 nitrogen and oxygen atoms in total. The Morgan fingerprint density at radius 1 is 1.00 bits per heavy atom. The lowest BCUT2D eigenvalue weighted by atomic mass is 9.81. The van der Waals surface area contributed by atoms with Gasteiger partial charge in [0.1, 0.15) is 0 Å². The second-order valence-corrected chi connectivity index (χ2v) is 7.79. The highest BCUT2D eigenvalue weighted by molar-refractivity contribution is 6.61. The number of pyridine rings is 1. The van der Waals surface area contributed by atoms with Gasteiger partial charge in [-0.15, -0.1) is 0 Å². The number of aromatic nitrogens is 1. The van der Waals surface area contributed by atoms with Crippen molar-refractivity contribution < 1.29 is 9.31 Å². The molecule has 0 radical (unpaired) electrons. The van der Waals surface area contributed by atoms with E-state index in [-0.39, 0.29) is 23.7 Å². The van der Waals surface area contributed by atoms with Gasteiger partial charge in [-0.05, 0) is 52.3 Å². The monoisotopic (exact) mass is 275 g/mol. The smallest absolute Gasteiger partial charge is 0.398 e. The van der Waals surface area contributed by atoms with Crippen molar-refractivity contribution in [3.63, 3.8) is 0 Å². The van der Waals surface area contributed by atoms with Gasteiger partial charge in [-0.3, -0.25) is 4.98 Å². The molecule has 1 aliphatic heterocycles. The SMILES string of the molecule is Cc1cc(B2OC(C)(C)C(C)(C)O2)nc(C(C)(C)C)c1. The first-order valence-electron chi connectivity index (χ1n) is 7.27. The molecule has 1 fully saturated rings. The Morgan fingerprint density at radius 3 is 1.95 bits per heavy atom. The van der Waals surface area contributed by atoms with Gasteiger partial charge in [-0.1, -0.05) is 20.8 Å². The fraction of sp³-hybridized carbons (Fsp3) is 0.688. The molecular weight excluding hydrogens is 249 g/mol. The van der Waals surface area contributed by atoms with E-state index in [1.54, 1.807) is 0 Å². The molecule has 1 aromatic heterocycles. The molecule has 2 rings (SSSR count). The van der Waals surface area contributed by atoms with Crippen LogP contribution in [0.2, 0.25) is 0 Å². The summed E-state index contributed by atoms with van der Waals surface area (Å²) in [6.07, 6.45) is 0. The van der Waals surface area contributed by atoms with E-state index in [1.807, 2.05) is 0 Å². The summed E-state index contributed by atoms with van der Waals surface area (Å²) in [4.78, 5) is 4.77. The van der Waals surface area contributed by atoms with Crippen molar-refractivity contribution in [1.82, 2.24) is 4.98 Å². The fourth-order valence-corrected chi connectivity index (χ4v) is 2.16. The molecule has 0 aromatic carbocycles. The summed E-state index contributed by atoms with van der Waals surface area (Å²) in [5.74, 6) is 0. The molecule has 4 heteroatoms. The van der Waals surface area contributed by atoms with Crippen LogP contribution in [0, 0.1) is 6.92 Å². The maximum Gasteiger partial charge on any atom is 0.514 e. The van der Waals surface area contributed by atoms with E-state index in [0.717, 1.165) is 11.3 Å². The van der Waals surface area contributed by atoms with E-state index < -0.39 is 0 Å². The molecule has 0 bridgehead atoms. The zero-order valence-electron chi connectivity index (χ0n) is 14.0. The summed E-state index contributed by atoms with van der Waals surface area (Å²) in [5, 5.41) is 0. The van der Waals surface area contributed by atoms with Gasteiger partial charge in [0.25, 0.3) is 0 Å². The minimum Gasteiger partial charge on any atom is -0.398 e. The van der Waals surface area contributed by atoms with Crippen LogP contribution in [0.15, 0.2) is 12.1 Å². The first-order valence-corrected chi connectivity index (χ1v) is 7.27. The highest BCUT2D eigenvalue weighted by Crippen LogP contribution is 2.36. The van der Waals surface area contributed by atoms with Crippen LogP contribution in [-0.4, -0.2) is 23.3 Å². The van der Waals surface area contributed by atoms with Crippen molar-refractivity contribution in [1.29, 1.82) is 0 Å². The van der Waals surface area contributed by atoms with Gasteiger partial charge in [0, 0.05) is 11.1 Å². The molecule has 0 atom stereocenters. The lowest BCUT2D eigenvalue weighted by Crippen LogP contribution is -2.41. The van der Waals surface area contributed by atoms with Gasteiger partial charge in [-0.2, -0.15) is 0 Å². The van der Waals surface area contributed by atoms with Crippen LogP contribution in [-0.2, 0) is 14.7 Å². The number of aryl methyl sites for hydroxylation is 1. The van der Waals surface area contributed by atoms with Crippen LogP contribution in [0.25, 0.3) is 0 Å². The highest BCUT2D eigenvalue weighted by atomic mass is 16.7. The fourth-order valence-electron chi connectivity index (χ4n) is 2.16. The third-order valence-electron chi connectivity index (χ3n) is 4.25. The van der Waals surface area contributed by atoms with Gasteiger partial charge >= 0.3 is 7.12 Å². The van der Waals surface area contributed by atoms with E-state index in [9.17, 15) is 0 Å². The second kappa shape index (κ2) is 4.57. The Hall–Kier alpha value is -0.865. The maximum atomic E-state index is 6.09. The van der Waals surface area contributed by atoms with Gasteiger partial charge in [-0.25, -0.2) is 0 Å². The molecule has 1 aliphatic rings. The quantitative estimate of drug-likeness (QED) is 0.738. The third kappa shape index (κ3) is 2.77. The predicted octanol–water partition coefficient (Wildman–Crippen LogP) is 2.99. The number of rotatable bonds is 1. The Balaban J connectivity index is 2.38. The molecule has 1 saturated heterocycles. The molecule has 0 N–H and O–H groups in total. The van der Waals surface area contributed by atoms with Crippen molar-refractivity contribution in [3.05, 3.63) is 23.4 Å². The first kappa shape index (κ1) is 15.5. The summed E-state index contributed by atoms with van der Waals surface area (Å²) in [5.41, 5.74) is 2.49. The summed E-state index contributed by atoms with van der Waals surface area (Å²) >= 11 is 0. The van der Waals surface area contributed by atoms with E-state index in [0.29, 0.717) is 0 Å². The van der Waals surface area contributed by atoms with Crippen molar-refractivity contribution in [2.24, 2.45) is 0 Å². The summed E-state index contributed by atoms with van der Waals surface area (Å²) in [7, 11) is -0.388. The van der Waals surface area contributed by atoms with E-state index in [2.05, 4.69) is 67.5 Å². The molecule has 0 saturated carbocycles. The lowest BCUT2D eigenvalue weighted by molar-refractivity contribution is 0.00578. The zero-order valence-corrected chi connectivity index (χ0v) is 14.0. The minimum absolute atomic E-state index is 0.0183. The van der Waals surface area contributed by atoms with Gasteiger partial charge in [0.05, 0.1) is 16.8 Å². The van der Waals surface area contributed by atoms with Gasteiger partial charge < -0.3 is 9.31 Å². The van der Waals surface area contributed by atoms with Crippen LogP contribution in [0.4, 0.5) is 0 Å². The van der Waals surface area contributed by atoms with Crippen LogP contribution >= 0.6 is 0 Å². The largest absolute Gasteiger partial charge is 0.514 e. The number of hydrogen-bond donors (Lipinski definition) is 0. The maximum absolute atomic E-state index is 6.09. The lowest BCUT2D eigenvalue weighted by Gasteiger charge is -2.32. The average Bonchev–Trinajstić information content (AvgIpc) is 2.46. The van der Waals surface area contributed by atoms with Crippen molar-refractivity contribution in [2.75, 3.05) is 0 Å². The predicted molar refractivity (Wildman–Crippen MR) is 83.4 cm³/mol. The number of hydrogen-bond acceptors (Lipinski definition) is 3. The molecular formula is C16H26BNO2. The standard InChI is InChI=1S/C16H26BNO2/c1-11-9-12(14(2,3)4)18-13(10-11)17-19-15(5,6)16(7,8)20-17/h9-10H,1-8H3. The average molecular weight is 275 g/mol. The Kier molecular flexibility index (Phi) is 3.55. The highest BCUT2D eigenvalue weighted by Gasteiger charge is 2.52. The third-order valence-corrected chi connectivity index (χ3v) is 4.25. The van der Waals surface area contributed by atoms with Crippen molar-refractivity contribution >= 4 is 12.7 Å². The molecule has 1 aromatic rings. The van der Waals surface area contributed by atoms with E-state index >= 15 is 0 Å². The second-order valence-electron chi connectivity index (χ2n) is 7.79. The summed E-state index contributed by atoms with van der Waals surface area (Å²) < 4.78 is 12.2. The molecule has 2 heterocycles. The molecule has 20 heavy (non-hydrogen) atoms. The van der Waals surface area contributed by atoms with Crippen molar-refractivity contribution in [2.45, 2.75) is 72.0 Å². The van der Waals surface area contributed by atoms with Gasteiger partial charge in [0.2, 0.25) is 0 Å². The molecule has 0 unspecified atom stereocenters. The normalized spacial score (nSPS) is 21.3. The minimum atomic E-state index is -0.388. The van der Waals surface area contributed by atoms with Crippen LogP contribution in [0.5, 0.6) is 0 Å². The van der Waals surface area contributed by atoms with Crippen LogP contribution < -0.4 is 5.59 Å². The van der Waals surface area contributed by atoms with Crippen molar-refractivity contribution in [3.8, 4) is 0 Å². The van der Waals surface area contributed by atoms with Gasteiger partial charge in [0.15, 0.2) is 0 Å². The van der Waals surface area contributed by atoms with E-state index in [1.165, 1.54) is 5.56 Å². The molecule has 0 aliphatic carbocycles. The Morgan fingerprint density at radius 2 is 1.50 bits per heavy atom. The topological polar surface area (TPSA) is 31.4 Å². The molecule has 110 valence electrons. The Bertz CT molecular complexity index is 502. The number of nitrogens with zero attached hydrogens (tertiary/aromatic N) is 1. The van der Waals surface area contributed by atoms with E-state index in [4.69, 9.17) is 14.3 Å². The van der Waals surface area contributed by atoms with Crippen LogP contribution in [0.3, 0.4) is 0 Å². The summed E-state index contributed by atoms with van der Waals surface area (Å²) in [6, 6.07) is 4.19. The Labute approximate surface area is 123 Å². The molecule has 0 amide bonds. The molecule has 0 spiro atoms. The zero-order chi connectivity index (χ0) is 15.3. The first-order chi connectivity index (χ1) is 8.92. The van der Waals surface area contributed by atoms with Crippen LogP contribution in [0.1, 0.15) is 59.7 Å². The summed E-state index contributed by atoms with van der Waals surface area (Å²) in [6.45, 7) is 16.8.